The molecule has 0 aliphatic carbocycles. The molecule has 4 aromatic rings. The highest BCUT2D eigenvalue weighted by Gasteiger charge is 2.15. The predicted octanol–water partition coefficient (Wildman–Crippen LogP) is 6.29. The first-order valence-electron chi connectivity index (χ1n) is 11.6. The number of hydrogen-bond acceptors (Lipinski definition) is 7. The van der Waals surface area contributed by atoms with E-state index in [2.05, 4.69) is 0 Å². The molecule has 0 bridgehead atoms. The second-order valence-corrected chi connectivity index (χ2v) is 8.59. The number of Topliss-reactive ketones (excluding diaryl/α,β-unsaturated/α-hetero) is 1. The van der Waals surface area contributed by atoms with Gasteiger partial charge in [0.15, 0.2) is 17.1 Å². The van der Waals surface area contributed by atoms with E-state index in [0.717, 1.165) is 11.1 Å². The second-order valence-electron chi connectivity index (χ2n) is 8.59. The van der Waals surface area contributed by atoms with Crippen LogP contribution in [-0.2, 0) is 6.42 Å². The Morgan fingerprint density at radius 2 is 1.59 bits per heavy atom. The van der Waals surface area contributed by atoms with E-state index in [1.54, 1.807) is 49.6 Å². The monoisotopic (exact) mass is 502 g/mol. The molecular weight excluding hydrogens is 472 g/mol. The molecule has 192 valence electrons. The zero-order valence-corrected chi connectivity index (χ0v) is 21.5. The fraction of sp³-hybridized carbons (Fsp3) is 0.200. The molecule has 0 aliphatic heterocycles. The molecule has 0 spiro atoms. The number of aromatic hydroxyl groups is 2. The van der Waals surface area contributed by atoms with Gasteiger partial charge in [0.2, 0.25) is 11.2 Å². The Hall–Kier alpha value is -4.52. The lowest BCUT2D eigenvalue weighted by Crippen LogP contribution is -2.05. The van der Waals surface area contributed by atoms with Crippen molar-refractivity contribution in [3.8, 4) is 34.1 Å². The van der Waals surface area contributed by atoms with Gasteiger partial charge < -0.3 is 24.1 Å². The second kappa shape index (κ2) is 11.9. The Morgan fingerprint density at radius 1 is 0.919 bits per heavy atom. The van der Waals surface area contributed by atoms with Crippen LogP contribution in [0.4, 0.5) is 0 Å². The van der Waals surface area contributed by atoms with E-state index in [0.29, 0.717) is 28.7 Å². The fourth-order valence-electron chi connectivity index (χ4n) is 3.61. The zero-order valence-electron chi connectivity index (χ0n) is 21.5. The molecule has 0 amide bonds. The smallest absolute Gasteiger partial charge is 0.204 e. The van der Waals surface area contributed by atoms with Crippen molar-refractivity contribution in [3.63, 3.8) is 0 Å². The molecule has 7 heteroatoms. The summed E-state index contributed by atoms with van der Waals surface area (Å²) in [6.45, 7) is 5.54. The number of allylic oxidation sites excluding steroid dienone is 2. The number of ether oxygens (including phenoxy) is 2. The maximum Gasteiger partial charge on any atom is 0.204 e. The fourth-order valence-corrected chi connectivity index (χ4v) is 3.61. The number of hydrogen-bond donors (Lipinski definition) is 2. The Labute approximate surface area is 215 Å². The van der Waals surface area contributed by atoms with Crippen LogP contribution in [0.1, 0.15) is 36.7 Å². The highest BCUT2D eigenvalue weighted by atomic mass is 16.5. The summed E-state index contributed by atoms with van der Waals surface area (Å²) in [4.78, 5) is 23.8. The van der Waals surface area contributed by atoms with E-state index >= 15 is 0 Å². The van der Waals surface area contributed by atoms with Gasteiger partial charge in [0, 0.05) is 5.56 Å². The van der Waals surface area contributed by atoms with Gasteiger partial charge in [-0.2, -0.15) is 0 Å². The summed E-state index contributed by atoms with van der Waals surface area (Å²) in [6.07, 6.45) is 4.06. The number of carbonyl (C=O) groups excluding carboxylic acids is 1. The van der Waals surface area contributed by atoms with Crippen LogP contribution in [0.15, 0.2) is 81.7 Å². The molecule has 0 radical (unpaired) electrons. The van der Waals surface area contributed by atoms with E-state index in [-0.39, 0.29) is 34.0 Å². The number of carbonyl (C=O) groups is 1. The van der Waals surface area contributed by atoms with E-state index in [4.69, 9.17) is 13.9 Å². The van der Waals surface area contributed by atoms with Crippen molar-refractivity contribution in [2.24, 2.45) is 0 Å². The first kappa shape index (κ1) is 27.1. The van der Waals surface area contributed by atoms with Crippen LogP contribution in [0, 0.1) is 0 Å². The van der Waals surface area contributed by atoms with E-state index in [9.17, 15) is 19.8 Å². The summed E-state index contributed by atoms with van der Waals surface area (Å²) in [6, 6.07) is 15.0. The van der Waals surface area contributed by atoms with Gasteiger partial charge in [-0.1, -0.05) is 23.8 Å². The lowest BCUT2D eigenvalue weighted by Gasteiger charge is -2.08. The normalized spacial score (nSPS) is 10.3. The molecule has 0 saturated heterocycles. The van der Waals surface area contributed by atoms with Gasteiger partial charge in [0.1, 0.15) is 17.8 Å². The van der Waals surface area contributed by atoms with Crippen molar-refractivity contribution < 1.29 is 28.9 Å². The summed E-state index contributed by atoms with van der Waals surface area (Å²) < 4.78 is 15.7. The highest BCUT2D eigenvalue weighted by molar-refractivity contribution is 5.94. The highest BCUT2D eigenvalue weighted by Crippen LogP contribution is 2.34. The van der Waals surface area contributed by atoms with Gasteiger partial charge in [-0.05, 0) is 80.8 Å². The van der Waals surface area contributed by atoms with Crippen LogP contribution in [0.25, 0.3) is 22.1 Å². The van der Waals surface area contributed by atoms with E-state index < -0.39 is 0 Å². The molecular formula is C30H30O7. The third-order valence-corrected chi connectivity index (χ3v) is 5.70. The standard InChI is InChI=1S/C17H14O5.C13H16O2/c1-20-11-5-3-10(4-6-11)13-9-22-16-12(15(13)19)7-8-14(18)17(16)21-2;1-9(2)4-5-12-8-11(10(3)14)6-7-13(12)15/h3-9,18H,1-2H3;4,6-8,15H,5H2,1-3H3. The third kappa shape index (κ3) is 6.38. The van der Waals surface area contributed by atoms with Crippen molar-refractivity contribution >= 4 is 16.8 Å². The molecule has 0 atom stereocenters. The van der Waals surface area contributed by atoms with Gasteiger partial charge in [0.05, 0.1) is 25.2 Å². The van der Waals surface area contributed by atoms with Crippen molar-refractivity contribution in [1.82, 2.24) is 0 Å². The first-order chi connectivity index (χ1) is 17.7. The number of benzene rings is 3. The van der Waals surface area contributed by atoms with Crippen molar-refractivity contribution in [3.05, 3.63) is 93.9 Å². The maximum atomic E-state index is 12.6. The molecule has 7 nitrogen and oxygen atoms in total. The van der Waals surface area contributed by atoms with Crippen LogP contribution < -0.4 is 14.9 Å². The van der Waals surface area contributed by atoms with Gasteiger partial charge in [0.25, 0.3) is 0 Å². The zero-order chi connectivity index (χ0) is 27.1. The molecule has 1 heterocycles. The molecule has 2 N–H and O–H groups in total. The molecule has 37 heavy (non-hydrogen) atoms. The number of rotatable bonds is 6. The van der Waals surface area contributed by atoms with Crippen molar-refractivity contribution in [2.75, 3.05) is 14.2 Å². The molecule has 3 aromatic carbocycles. The minimum Gasteiger partial charge on any atom is -0.508 e. The summed E-state index contributed by atoms with van der Waals surface area (Å²) in [5.74, 6) is 1.05. The van der Waals surface area contributed by atoms with E-state index in [1.807, 2.05) is 19.9 Å². The van der Waals surface area contributed by atoms with Crippen LogP contribution in [0.5, 0.6) is 23.0 Å². The van der Waals surface area contributed by atoms with Gasteiger partial charge in [-0.3, -0.25) is 9.59 Å². The molecule has 0 saturated carbocycles. The van der Waals surface area contributed by atoms with Crippen LogP contribution in [-0.4, -0.2) is 30.2 Å². The Kier molecular flexibility index (Phi) is 8.74. The van der Waals surface area contributed by atoms with Crippen molar-refractivity contribution in [1.29, 1.82) is 0 Å². The topological polar surface area (TPSA) is 106 Å². The van der Waals surface area contributed by atoms with E-state index in [1.165, 1.54) is 38.0 Å². The number of methoxy groups -OCH3 is 2. The Balaban J connectivity index is 0.000000222. The van der Waals surface area contributed by atoms with Crippen LogP contribution >= 0.6 is 0 Å². The molecule has 1 aromatic heterocycles. The van der Waals surface area contributed by atoms with Gasteiger partial charge in [-0.15, -0.1) is 0 Å². The SMILES string of the molecule is CC(=O)c1ccc(O)c(CC=C(C)C)c1.COc1ccc(-c2coc3c(OC)c(O)ccc3c2=O)cc1. The first-order valence-corrected chi connectivity index (χ1v) is 11.6. The quantitative estimate of drug-likeness (QED) is 0.236. The average molecular weight is 503 g/mol. The molecule has 0 fully saturated rings. The number of ketones is 1. The molecule has 0 unspecified atom stereocenters. The Bertz CT molecular complexity index is 1490. The maximum absolute atomic E-state index is 12.6. The molecule has 4 rings (SSSR count). The van der Waals surface area contributed by atoms with Crippen molar-refractivity contribution in [2.45, 2.75) is 27.2 Å². The summed E-state index contributed by atoms with van der Waals surface area (Å²) in [5.41, 5.74) is 3.83. The van der Waals surface area contributed by atoms with Crippen LogP contribution in [0.3, 0.4) is 0 Å². The summed E-state index contributed by atoms with van der Waals surface area (Å²) >= 11 is 0. The van der Waals surface area contributed by atoms with Gasteiger partial charge in [-0.25, -0.2) is 0 Å². The minimum absolute atomic E-state index is 0.0217. The number of phenolic OH excluding ortho intramolecular Hbond substituents is 2. The third-order valence-electron chi connectivity index (χ3n) is 5.70. The predicted molar refractivity (Wildman–Crippen MR) is 144 cm³/mol. The van der Waals surface area contributed by atoms with Gasteiger partial charge >= 0.3 is 0 Å². The lowest BCUT2D eigenvalue weighted by atomic mass is 10.0. The number of phenols is 2. The summed E-state index contributed by atoms with van der Waals surface area (Å²) in [7, 11) is 2.99. The minimum atomic E-state index is -0.190. The average Bonchev–Trinajstić information content (AvgIpc) is 2.88. The Morgan fingerprint density at radius 3 is 2.19 bits per heavy atom. The van der Waals surface area contributed by atoms with Crippen LogP contribution in [0.2, 0.25) is 0 Å². The molecule has 0 aliphatic rings. The summed E-state index contributed by atoms with van der Waals surface area (Å²) in [5, 5.41) is 19.7. The largest absolute Gasteiger partial charge is 0.508 e. The lowest BCUT2D eigenvalue weighted by molar-refractivity contribution is 0.101. The number of fused-ring (bicyclic) bond motifs is 1.